The Bertz CT molecular complexity index is 154. The quantitative estimate of drug-likeness (QED) is 0.457. The third-order valence-corrected chi connectivity index (χ3v) is 2.00. The molecule has 0 bridgehead atoms. The molecule has 0 aromatic heterocycles. The molecule has 0 aliphatic heterocycles. The van der Waals surface area contributed by atoms with Crippen LogP contribution in [-0.2, 0) is 11.1 Å². The number of rotatable bonds is 2. The second-order valence-corrected chi connectivity index (χ2v) is 3.27. The normalized spacial score (nSPS) is 17.0. The Morgan fingerprint density at radius 3 is 1.60 bits per heavy atom. The van der Waals surface area contributed by atoms with Gasteiger partial charge in [-0.3, -0.25) is 0 Å². The van der Waals surface area contributed by atoms with E-state index in [-0.39, 0.29) is 0 Å². The largest absolute Gasteiger partial charge is 0.416 e. The maximum atomic E-state index is 11.7. The van der Waals surface area contributed by atoms with E-state index in [1.807, 2.05) is 0 Å². The molecular weight excluding hydrogens is 244 g/mol. The fraction of sp³-hybridized carbons (Fsp3) is 1.00. The van der Waals surface area contributed by atoms with Crippen molar-refractivity contribution in [2.75, 3.05) is 0 Å². The summed E-state index contributed by atoms with van der Waals surface area (Å²) in [6.45, 7) is 0. The summed E-state index contributed by atoms with van der Waals surface area (Å²) in [6.07, 6.45) is 0. The minimum Gasteiger partial charge on any atom is -0.301 e. The first kappa shape index (κ1) is 10.3. The Morgan fingerprint density at radius 1 is 1.30 bits per heavy atom. The molecule has 0 heterocycles. The van der Waals surface area contributed by atoms with Crippen molar-refractivity contribution in [2.24, 2.45) is 0 Å². The summed E-state index contributed by atoms with van der Waals surface area (Å²) in [5.41, 5.74) is 0. The van der Waals surface area contributed by atoms with Crippen molar-refractivity contribution in [2.45, 2.75) is 10.1 Å². The van der Waals surface area contributed by atoms with Gasteiger partial charge < -0.3 is 4.55 Å². The van der Waals surface area contributed by atoms with Gasteiger partial charge in [0.2, 0.25) is 11.1 Å². The molecule has 0 aliphatic rings. The van der Waals surface area contributed by atoms with Crippen LogP contribution in [0.5, 0.6) is 0 Å². The van der Waals surface area contributed by atoms with Crippen molar-refractivity contribution in [1.29, 1.82) is 0 Å². The van der Waals surface area contributed by atoms with Gasteiger partial charge in [0.1, 0.15) is 0 Å². The van der Waals surface area contributed by atoms with Crippen LogP contribution in [0.4, 0.5) is 17.6 Å². The molecule has 0 fully saturated rings. The first-order chi connectivity index (χ1) is 4.19. The van der Waals surface area contributed by atoms with Gasteiger partial charge in [0.05, 0.1) is 0 Å². The zero-order valence-corrected chi connectivity index (χ0v) is 6.56. The molecule has 0 saturated heterocycles. The lowest BCUT2D eigenvalue weighted by Crippen LogP contribution is -2.38. The summed E-state index contributed by atoms with van der Waals surface area (Å²) in [7, 11) is 0. The fourth-order valence-electron chi connectivity index (χ4n) is 0.0990. The predicted octanol–water partition coefficient (Wildman–Crippen LogP) is 1.79. The van der Waals surface area contributed by atoms with Gasteiger partial charge in [-0.2, -0.15) is 17.6 Å². The molecule has 1 unspecified atom stereocenters. The van der Waals surface area contributed by atoms with Crippen LogP contribution in [-0.4, -0.2) is 18.8 Å². The number of hydrogen-bond donors (Lipinski definition) is 1. The topological polar surface area (TPSA) is 37.3 Å². The smallest absolute Gasteiger partial charge is 0.301 e. The fourth-order valence-corrected chi connectivity index (χ4v) is 0.712. The molecule has 0 amide bonds. The van der Waals surface area contributed by atoms with E-state index in [1.54, 1.807) is 0 Å². The monoisotopic (exact) mass is 244 g/mol. The Morgan fingerprint density at radius 2 is 1.60 bits per heavy atom. The van der Waals surface area contributed by atoms with E-state index in [2.05, 4.69) is 0 Å². The first-order valence-electron chi connectivity index (χ1n) is 1.75. The third-order valence-electron chi connectivity index (χ3n) is 0.549. The van der Waals surface area contributed by atoms with Gasteiger partial charge in [-0.25, -0.2) is 4.21 Å². The van der Waals surface area contributed by atoms with Crippen LogP contribution < -0.4 is 0 Å². The number of hydrogen-bond acceptors (Lipinski definition) is 1. The van der Waals surface area contributed by atoms with Gasteiger partial charge in [0.25, 0.3) is 0 Å². The van der Waals surface area contributed by atoms with Crippen LogP contribution in [0.15, 0.2) is 0 Å². The highest BCUT2D eigenvalue weighted by Gasteiger charge is 2.59. The molecule has 2 nitrogen and oxygen atoms in total. The van der Waals surface area contributed by atoms with Crippen LogP contribution in [0.25, 0.3) is 0 Å². The summed E-state index contributed by atoms with van der Waals surface area (Å²) in [4.78, 5) is -4.65. The molecule has 0 radical (unpaired) electrons. The van der Waals surface area contributed by atoms with Crippen LogP contribution >= 0.6 is 15.9 Å². The first-order valence-corrected chi connectivity index (χ1v) is 3.65. The summed E-state index contributed by atoms with van der Waals surface area (Å²) >= 11 is -2.61. The minimum absolute atomic E-state index is 1.26. The molecule has 1 N–H and O–H groups in total. The SMILES string of the molecule is O=S(O)C(F)(F)C(F)(F)Br. The maximum absolute atomic E-state index is 11.7. The molecule has 0 aromatic rings. The van der Waals surface area contributed by atoms with Crippen LogP contribution in [0, 0.1) is 0 Å². The van der Waals surface area contributed by atoms with Gasteiger partial charge in [-0.15, -0.1) is 0 Å². The molecule has 8 heteroatoms. The third kappa shape index (κ3) is 1.89. The van der Waals surface area contributed by atoms with E-state index in [0.717, 1.165) is 0 Å². The van der Waals surface area contributed by atoms with Crippen molar-refractivity contribution in [3.8, 4) is 0 Å². The van der Waals surface area contributed by atoms with Crippen LogP contribution in [0.1, 0.15) is 0 Å². The van der Waals surface area contributed by atoms with E-state index < -0.39 is 21.2 Å². The van der Waals surface area contributed by atoms with Gasteiger partial charge in [0, 0.05) is 0 Å². The molecule has 0 rings (SSSR count). The number of halogens is 5. The van der Waals surface area contributed by atoms with Crippen LogP contribution in [0.2, 0.25) is 0 Å². The highest BCUT2D eigenvalue weighted by Crippen LogP contribution is 2.40. The average Bonchev–Trinajstić information content (AvgIpc) is 1.62. The predicted molar refractivity (Wildman–Crippen MR) is 29.6 cm³/mol. The van der Waals surface area contributed by atoms with Crippen molar-refractivity contribution in [1.82, 2.24) is 0 Å². The van der Waals surface area contributed by atoms with Gasteiger partial charge in [-0.05, 0) is 15.9 Å². The standard InChI is InChI=1S/C2HBrF4O2S/c3-1(4,5)2(6,7)10(8)9/h(H,8,9). The van der Waals surface area contributed by atoms with Gasteiger partial charge >= 0.3 is 10.1 Å². The highest BCUT2D eigenvalue weighted by atomic mass is 79.9. The molecular formula is C2HBrF4O2S. The van der Waals surface area contributed by atoms with Crippen LogP contribution in [0.3, 0.4) is 0 Å². The Kier molecular flexibility index (Phi) is 2.83. The van der Waals surface area contributed by atoms with E-state index in [4.69, 9.17) is 4.55 Å². The lowest BCUT2D eigenvalue weighted by Gasteiger charge is -2.16. The molecule has 62 valence electrons. The summed E-state index contributed by atoms with van der Waals surface area (Å²) in [6, 6.07) is 0. The second-order valence-electron chi connectivity index (χ2n) is 1.26. The molecule has 0 spiro atoms. The molecule has 0 saturated carbocycles. The zero-order chi connectivity index (χ0) is 8.58. The van der Waals surface area contributed by atoms with Crippen molar-refractivity contribution < 1.29 is 26.3 Å². The van der Waals surface area contributed by atoms with E-state index in [9.17, 15) is 21.8 Å². The van der Waals surface area contributed by atoms with E-state index in [1.165, 1.54) is 15.9 Å². The highest BCUT2D eigenvalue weighted by molar-refractivity contribution is 9.10. The Hall–Kier alpha value is 0.310. The second kappa shape index (κ2) is 2.74. The lowest BCUT2D eigenvalue weighted by molar-refractivity contribution is -0.0853. The van der Waals surface area contributed by atoms with Gasteiger partial charge in [0.15, 0.2) is 0 Å². The average molecular weight is 245 g/mol. The molecule has 10 heavy (non-hydrogen) atoms. The zero-order valence-electron chi connectivity index (χ0n) is 4.15. The van der Waals surface area contributed by atoms with E-state index >= 15 is 0 Å². The van der Waals surface area contributed by atoms with E-state index in [0.29, 0.717) is 0 Å². The summed E-state index contributed by atoms with van der Waals surface area (Å²) < 4.78 is 63.7. The van der Waals surface area contributed by atoms with Crippen molar-refractivity contribution in [3.05, 3.63) is 0 Å². The lowest BCUT2D eigenvalue weighted by atomic mass is 10.7. The molecule has 0 aromatic carbocycles. The van der Waals surface area contributed by atoms with Crippen molar-refractivity contribution in [3.63, 3.8) is 0 Å². The maximum Gasteiger partial charge on any atom is 0.416 e. The summed E-state index contributed by atoms with van der Waals surface area (Å²) in [5, 5.41) is -4.95. The number of alkyl halides is 5. The van der Waals surface area contributed by atoms with Gasteiger partial charge in [-0.1, -0.05) is 0 Å². The Balaban J connectivity index is 4.57. The van der Waals surface area contributed by atoms with Crippen molar-refractivity contribution >= 4 is 27.0 Å². The summed E-state index contributed by atoms with van der Waals surface area (Å²) in [5.74, 6) is 0. The molecule has 1 atom stereocenters. The minimum atomic E-state index is -4.95. The Labute approximate surface area is 64.0 Å². The molecule has 0 aliphatic carbocycles.